The third kappa shape index (κ3) is 2.54. The van der Waals surface area contributed by atoms with Crippen LogP contribution in [-0.2, 0) is 6.54 Å². The van der Waals surface area contributed by atoms with Crippen LogP contribution in [0.25, 0.3) is 11.0 Å². The smallest absolute Gasteiger partial charge is 0.155 e. The molecule has 1 aliphatic heterocycles. The van der Waals surface area contributed by atoms with Crippen molar-refractivity contribution in [3.8, 4) is 0 Å². The topological polar surface area (TPSA) is 55.4 Å². The van der Waals surface area contributed by atoms with Gasteiger partial charge in [-0.15, -0.1) is 0 Å². The fraction of sp³-hybridized carbons (Fsp3) is 0.222. The van der Waals surface area contributed by atoms with E-state index >= 15 is 0 Å². The number of aromatic nitrogens is 3. The van der Waals surface area contributed by atoms with Crippen molar-refractivity contribution in [1.82, 2.24) is 14.5 Å². The van der Waals surface area contributed by atoms with Gasteiger partial charge in [-0.3, -0.25) is 9.98 Å². The number of benzene rings is 1. The molecule has 0 radical (unpaired) electrons. The van der Waals surface area contributed by atoms with Gasteiger partial charge in [-0.05, 0) is 30.7 Å². The molecule has 23 heavy (non-hydrogen) atoms. The largest absolute Gasteiger partial charge is 0.331 e. The van der Waals surface area contributed by atoms with Crippen LogP contribution in [0.4, 0.5) is 0 Å². The number of amidine groups is 1. The van der Waals surface area contributed by atoms with Gasteiger partial charge in [0.1, 0.15) is 0 Å². The van der Waals surface area contributed by atoms with Gasteiger partial charge in [0.2, 0.25) is 0 Å². The molecule has 0 amide bonds. The monoisotopic (exact) mass is 303 g/mol. The van der Waals surface area contributed by atoms with Gasteiger partial charge in [-0.25, -0.2) is 9.98 Å². The third-order valence-corrected chi connectivity index (χ3v) is 3.98. The Kier molecular flexibility index (Phi) is 3.46. The highest BCUT2D eigenvalue weighted by molar-refractivity contribution is 6.17. The predicted octanol–water partition coefficient (Wildman–Crippen LogP) is 3.09. The van der Waals surface area contributed by atoms with Crippen LogP contribution < -0.4 is 0 Å². The van der Waals surface area contributed by atoms with Crippen LogP contribution in [0.3, 0.4) is 0 Å². The minimum Gasteiger partial charge on any atom is -0.331 e. The van der Waals surface area contributed by atoms with Crippen molar-refractivity contribution in [2.75, 3.05) is 6.54 Å². The quantitative estimate of drug-likeness (QED) is 0.743. The van der Waals surface area contributed by atoms with Crippen LogP contribution in [-0.4, -0.2) is 32.6 Å². The molecule has 114 valence electrons. The lowest BCUT2D eigenvalue weighted by Crippen LogP contribution is -2.02. The molecule has 2 aromatic heterocycles. The Bertz CT molecular complexity index is 906. The molecule has 1 aliphatic rings. The second-order valence-corrected chi connectivity index (χ2v) is 5.58. The Morgan fingerprint density at radius 2 is 1.96 bits per heavy atom. The first kappa shape index (κ1) is 13.8. The molecular formula is C18H17N5. The summed E-state index contributed by atoms with van der Waals surface area (Å²) in [6, 6.07) is 10.2. The maximum atomic E-state index is 4.68. The van der Waals surface area contributed by atoms with E-state index in [-0.39, 0.29) is 0 Å². The first-order chi connectivity index (χ1) is 11.3. The molecular weight excluding hydrogens is 286 g/mol. The van der Waals surface area contributed by atoms with E-state index in [2.05, 4.69) is 49.6 Å². The van der Waals surface area contributed by atoms with Crippen molar-refractivity contribution < 1.29 is 0 Å². The molecule has 0 saturated carbocycles. The molecule has 0 bridgehead atoms. The molecule has 0 aliphatic carbocycles. The third-order valence-electron chi connectivity index (χ3n) is 3.98. The van der Waals surface area contributed by atoms with E-state index in [4.69, 9.17) is 0 Å². The van der Waals surface area contributed by atoms with Crippen molar-refractivity contribution in [2.24, 2.45) is 9.98 Å². The van der Waals surface area contributed by atoms with Gasteiger partial charge in [0.25, 0.3) is 0 Å². The molecule has 4 rings (SSSR count). The number of imidazole rings is 1. The average molecular weight is 303 g/mol. The molecule has 0 saturated heterocycles. The molecule has 0 unspecified atom stereocenters. The maximum absolute atomic E-state index is 4.68. The van der Waals surface area contributed by atoms with Crippen molar-refractivity contribution in [3.05, 3.63) is 60.2 Å². The zero-order valence-corrected chi connectivity index (χ0v) is 13.0. The summed E-state index contributed by atoms with van der Waals surface area (Å²) < 4.78 is 2.19. The molecule has 0 N–H and O–H groups in total. The molecule has 0 atom stereocenters. The zero-order valence-electron chi connectivity index (χ0n) is 13.0. The first-order valence-corrected chi connectivity index (χ1v) is 7.83. The molecule has 0 spiro atoms. The lowest BCUT2D eigenvalue weighted by atomic mass is 10.1. The van der Waals surface area contributed by atoms with Crippen LogP contribution in [0.2, 0.25) is 0 Å². The minimum absolute atomic E-state index is 0.610. The fourth-order valence-corrected chi connectivity index (χ4v) is 2.82. The normalized spacial score (nSPS) is 14.1. The number of fused-ring (bicyclic) bond motifs is 1. The summed E-state index contributed by atoms with van der Waals surface area (Å²) >= 11 is 0. The summed E-state index contributed by atoms with van der Waals surface area (Å²) in [4.78, 5) is 17.8. The van der Waals surface area contributed by atoms with Crippen LogP contribution in [0.1, 0.15) is 24.5 Å². The van der Waals surface area contributed by atoms with Crippen molar-refractivity contribution in [2.45, 2.75) is 19.9 Å². The van der Waals surface area contributed by atoms with Crippen molar-refractivity contribution >= 4 is 22.6 Å². The summed E-state index contributed by atoms with van der Waals surface area (Å²) in [6.45, 7) is 3.77. The Morgan fingerprint density at radius 3 is 2.78 bits per heavy atom. The van der Waals surface area contributed by atoms with Crippen LogP contribution in [0.5, 0.6) is 0 Å². The molecule has 3 aromatic rings. The lowest BCUT2D eigenvalue weighted by molar-refractivity contribution is 0.697. The lowest BCUT2D eigenvalue weighted by Gasteiger charge is -2.03. The number of hydrogen-bond acceptors (Lipinski definition) is 4. The van der Waals surface area contributed by atoms with Gasteiger partial charge in [0, 0.05) is 30.1 Å². The second kappa shape index (κ2) is 5.76. The van der Waals surface area contributed by atoms with E-state index in [1.54, 1.807) is 12.4 Å². The number of nitrogens with zero attached hydrogens (tertiary/aromatic N) is 5. The maximum Gasteiger partial charge on any atom is 0.155 e. The van der Waals surface area contributed by atoms with Gasteiger partial charge in [0.15, 0.2) is 5.84 Å². The van der Waals surface area contributed by atoms with Gasteiger partial charge in [0.05, 0.1) is 29.6 Å². The Morgan fingerprint density at radius 1 is 1.09 bits per heavy atom. The summed E-state index contributed by atoms with van der Waals surface area (Å²) in [5, 5.41) is 0. The average Bonchev–Trinajstić information content (AvgIpc) is 3.23. The number of aryl methyl sites for hydroxylation is 1. The highest BCUT2D eigenvalue weighted by Crippen LogP contribution is 2.18. The first-order valence-electron chi connectivity index (χ1n) is 7.83. The summed E-state index contributed by atoms with van der Waals surface area (Å²) in [7, 11) is 0. The zero-order chi connectivity index (χ0) is 15.6. The SMILES string of the molecule is CCCn1cnc2cc(C3=NC(c4ccncc4)=NC3)ccc21. The molecule has 0 fully saturated rings. The molecule has 5 nitrogen and oxygen atoms in total. The van der Waals surface area contributed by atoms with E-state index in [9.17, 15) is 0 Å². The van der Waals surface area contributed by atoms with Gasteiger partial charge >= 0.3 is 0 Å². The Labute approximate surface area is 134 Å². The van der Waals surface area contributed by atoms with E-state index in [1.807, 2.05) is 18.5 Å². The van der Waals surface area contributed by atoms with Gasteiger partial charge in [-0.1, -0.05) is 13.0 Å². The molecule has 5 heteroatoms. The summed E-state index contributed by atoms with van der Waals surface area (Å²) in [5.41, 5.74) is 5.26. The number of rotatable bonds is 4. The molecule has 1 aromatic carbocycles. The number of pyridine rings is 1. The Balaban J connectivity index is 1.65. The Hall–Kier alpha value is -2.82. The van der Waals surface area contributed by atoms with Crippen molar-refractivity contribution in [1.29, 1.82) is 0 Å². The standard InChI is InChI=1S/C18H17N5/c1-2-9-23-12-21-15-10-14(3-4-17(15)23)16-11-20-18(22-16)13-5-7-19-8-6-13/h3-8,10,12H,2,9,11H2,1H3. The van der Waals surface area contributed by atoms with E-state index in [0.29, 0.717) is 6.54 Å². The highest BCUT2D eigenvalue weighted by Gasteiger charge is 2.14. The van der Waals surface area contributed by atoms with Gasteiger partial charge < -0.3 is 4.57 Å². The second-order valence-electron chi connectivity index (χ2n) is 5.58. The molecule has 3 heterocycles. The van der Waals surface area contributed by atoms with Crippen LogP contribution >= 0.6 is 0 Å². The van der Waals surface area contributed by atoms with E-state index < -0.39 is 0 Å². The summed E-state index contributed by atoms with van der Waals surface area (Å²) in [6.07, 6.45) is 6.53. The number of aliphatic imine (C=N–C) groups is 2. The highest BCUT2D eigenvalue weighted by atomic mass is 15.0. The predicted molar refractivity (Wildman–Crippen MR) is 92.2 cm³/mol. The van der Waals surface area contributed by atoms with Crippen molar-refractivity contribution in [3.63, 3.8) is 0 Å². The van der Waals surface area contributed by atoms with Crippen LogP contribution in [0, 0.1) is 0 Å². The van der Waals surface area contributed by atoms with E-state index in [0.717, 1.165) is 41.2 Å². The van der Waals surface area contributed by atoms with Crippen LogP contribution in [0.15, 0.2) is 59.0 Å². The number of hydrogen-bond donors (Lipinski definition) is 0. The minimum atomic E-state index is 0.610. The van der Waals surface area contributed by atoms with E-state index in [1.165, 1.54) is 5.52 Å². The van der Waals surface area contributed by atoms with Gasteiger partial charge in [-0.2, -0.15) is 0 Å². The summed E-state index contributed by atoms with van der Waals surface area (Å²) in [5.74, 6) is 0.777. The fourth-order valence-electron chi connectivity index (χ4n) is 2.82.